The van der Waals surface area contributed by atoms with E-state index in [1.807, 2.05) is 0 Å². The van der Waals surface area contributed by atoms with Crippen LogP contribution in [0.2, 0.25) is 5.15 Å². The molecule has 2 aliphatic rings. The molecule has 0 aromatic carbocycles. The van der Waals surface area contributed by atoms with E-state index in [1.165, 1.54) is 37.5 Å². The Morgan fingerprint density at radius 1 is 1.33 bits per heavy atom. The molecule has 6 heteroatoms. The van der Waals surface area contributed by atoms with Crippen LogP contribution in [0.15, 0.2) is 0 Å². The maximum absolute atomic E-state index is 9.17. The standard InChI is InChI=1S/C12H15ClN4S/c13-11-10(7-14)12(18-15-11)17-6-2-5-16-4-1-3-9(16)8-17/h9H,1-6,8H2/t9-/m0/s1. The van der Waals surface area contributed by atoms with Crippen LogP contribution >= 0.6 is 23.1 Å². The van der Waals surface area contributed by atoms with Crippen molar-refractivity contribution in [3.05, 3.63) is 10.7 Å². The highest BCUT2D eigenvalue weighted by atomic mass is 35.5. The van der Waals surface area contributed by atoms with Crippen LogP contribution in [0.1, 0.15) is 24.8 Å². The van der Waals surface area contributed by atoms with Crippen molar-refractivity contribution >= 4 is 28.1 Å². The summed E-state index contributed by atoms with van der Waals surface area (Å²) in [5, 5.41) is 10.5. The smallest absolute Gasteiger partial charge is 0.162 e. The number of anilines is 1. The lowest BCUT2D eigenvalue weighted by molar-refractivity contribution is 0.273. The van der Waals surface area contributed by atoms with Gasteiger partial charge in [-0.3, -0.25) is 4.90 Å². The number of rotatable bonds is 1. The highest BCUT2D eigenvalue weighted by Gasteiger charge is 2.30. The molecular formula is C12H15ClN4S. The van der Waals surface area contributed by atoms with Crippen molar-refractivity contribution in [3.63, 3.8) is 0 Å². The zero-order valence-corrected chi connectivity index (χ0v) is 11.7. The summed E-state index contributed by atoms with van der Waals surface area (Å²) >= 11 is 7.31. The van der Waals surface area contributed by atoms with Gasteiger partial charge in [-0.1, -0.05) is 11.6 Å². The van der Waals surface area contributed by atoms with Crippen molar-refractivity contribution in [3.8, 4) is 6.07 Å². The van der Waals surface area contributed by atoms with Gasteiger partial charge in [0.2, 0.25) is 0 Å². The quantitative estimate of drug-likeness (QED) is 0.793. The molecule has 1 aromatic rings. The maximum Gasteiger partial charge on any atom is 0.162 e. The van der Waals surface area contributed by atoms with Gasteiger partial charge >= 0.3 is 0 Å². The van der Waals surface area contributed by atoms with Crippen LogP contribution in [0.25, 0.3) is 0 Å². The molecule has 18 heavy (non-hydrogen) atoms. The molecule has 0 radical (unpaired) electrons. The van der Waals surface area contributed by atoms with Crippen LogP contribution in [0.5, 0.6) is 0 Å². The van der Waals surface area contributed by atoms with Gasteiger partial charge in [0.05, 0.1) is 0 Å². The summed E-state index contributed by atoms with van der Waals surface area (Å²) in [6.07, 6.45) is 3.72. The fourth-order valence-corrected chi connectivity index (χ4v) is 4.03. The third-order valence-electron chi connectivity index (χ3n) is 3.84. The fourth-order valence-electron chi connectivity index (χ4n) is 2.96. The minimum atomic E-state index is 0.352. The molecule has 1 aromatic heterocycles. The molecule has 1 atom stereocenters. The third kappa shape index (κ3) is 2.09. The van der Waals surface area contributed by atoms with Crippen molar-refractivity contribution < 1.29 is 0 Å². The molecular weight excluding hydrogens is 268 g/mol. The Balaban J connectivity index is 1.85. The molecule has 2 fully saturated rings. The number of fused-ring (bicyclic) bond motifs is 1. The van der Waals surface area contributed by atoms with Crippen LogP contribution in [-0.2, 0) is 0 Å². The van der Waals surface area contributed by atoms with Crippen LogP contribution < -0.4 is 4.90 Å². The van der Waals surface area contributed by atoms with Crippen molar-refractivity contribution in [2.24, 2.45) is 0 Å². The number of halogens is 1. The normalized spacial score (nSPS) is 24.7. The number of hydrogen-bond donors (Lipinski definition) is 0. The number of nitrogens with zero attached hydrogens (tertiary/aromatic N) is 4. The minimum absolute atomic E-state index is 0.352. The van der Waals surface area contributed by atoms with Gasteiger partial charge in [-0.05, 0) is 37.3 Å². The van der Waals surface area contributed by atoms with Crippen LogP contribution in [0, 0.1) is 11.3 Å². The van der Waals surface area contributed by atoms with Gasteiger partial charge < -0.3 is 4.90 Å². The van der Waals surface area contributed by atoms with Gasteiger partial charge in [0, 0.05) is 25.7 Å². The molecule has 0 N–H and O–H groups in total. The molecule has 0 saturated carbocycles. The van der Waals surface area contributed by atoms with E-state index in [4.69, 9.17) is 11.6 Å². The first-order chi connectivity index (χ1) is 8.79. The highest BCUT2D eigenvalue weighted by molar-refractivity contribution is 7.10. The minimum Gasteiger partial charge on any atom is -0.359 e. The Morgan fingerprint density at radius 2 is 2.17 bits per heavy atom. The summed E-state index contributed by atoms with van der Waals surface area (Å²) in [5.74, 6) is 0. The van der Waals surface area contributed by atoms with Crippen molar-refractivity contribution in [1.82, 2.24) is 9.27 Å². The van der Waals surface area contributed by atoms with Crippen molar-refractivity contribution in [2.75, 3.05) is 31.1 Å². The molecule has 0 bridgehead atoms. The lowest BCUT2D eigenvalue weighted by Gasteiger charge is -2.25. The fraction of sp³-hybridized carbons (Fsp3) is 0.667. The molecule has 2 saturated heterocycles. The second-order valence-electron chi connectivity index (χ2n) is 4.90. The topological polar surface area (TPSA) is 43.2 Å². The van der Waals surface area contributed by atoms with Crippen LogP contribution in [0.4, 0.5) is 5.00 Å². The summed E-state index contributed by atoms with van der Waals surface area (Å²) in [5.41, 5.74) is 0.549. The van der Waals surface area contributed by atoms with Gasteiger partial charge in [0.15, 0.2) is 5.15 Å². The van der Waals surface area contributed by atoms with Crippen molar-refractivity contribution in [2.45, 2.75) is 25.3 Å². The predicted octanol–water partition coefficient (Wildman–Crippen LogP) is 2.34. The lowest BCUT2D eigenvalue weighted by Crippen LogP contribution is -2.36. The van der Waals surface area contributed by atoms with Gasteiger partial charge in [0.25, 0.3) is 0 Å². The third-order valence-corrected chi connectivity index (χ3v) is 5.12. The number of aromatic nitrogens is 1. The second kappa shape index (κ2) is 5.04. The van der Waals surface area contributed by atoms with Gasteiger partial charge in [0.1, 0.15) is 16.6 Å². The van der Waals surface area contributed by atoms with E-state index < -0.39 is 0 Å². The average molecular weight is 283 g/mol. The molecule has 3 rings (SSSR count). The Morgan fingerprint density at radius 3 is 3.00 bits per heavy atom. The SMILES string of the molecule is N#Cc1c(Cl)nsc1N1CCCN2CCC[C@H]2C1. The molecule has 0 unspecified atom stereocenters. The Labute approximate surface area is 116 Å². The summed E-state index contributed by atoms with van der Waals surface area (Å²) in [7, 11) is 0. The van der Waals surface area contributed by atoms with E-state index in [-0.39, 0.29) is 0 Å². The first kappa shape index (κ1) is 12.2. The van der Waals surface area contributed by atoms with E-state index in [9.17, 15) is 5.26 Å². The maximum atomic E-state index is 9.17. The zero-order valence-electron chi connectivity index (χ0n) is 10.1. The molecule has 0 spiro atoms. The van der Waals surface area contributed by atoms with Crippen LogP contribution in [0.3, 0.4) is 0 Å². The van der Waals surface area contributed by atoms with Gasteiger partial charge in [-0.2, -0.15) is 9.64 Å². The predicted molar refractivity (Wildman–Crippen MR) is 73.3 cm³/mol. The monoisotopic (exact) mass is 282 g/mol. The highest BCUT2D eigenvalue weighted by Crippen LogP contribution is 2.33. The second-order valence-corrected chi connectivity index (χ2v) is 6.01. The first-order valence-corrected chi connectivity index (χ1v) is 7.49. The largest absolute Gasteiger partial charge is 0.359 e. The van der Waals surface area contributed by atoms with E-state index in [1.54, 1.807) is 0 Å². The molecule has 2 aliphatic heterocycles. The van der Waals surface area contributed by atoms with Crippen LogP contribution in [-0.4, -0.2) is 41.5 Å². The molecule has 96 valence electrons. The van der Waals surface area contributed by atoms with E-state index in [0.717, 1.165) is 24.5 Å². The Hall–Kier alpha value is -0.830. The number of hydrogen-bond acceptors (Lipinski definition) is 5. The van der Waals surface area contributed by atoms with E-state index in [2.05, 4.69) is 20.2 Å². The summed E-state index contributed by atoms with van der Waals surface area (Å²) < 4.78 is 4.11. The first-order valence-electron chi connectivity index (χ1n) is 6.34. The molecule has 0 aliphatic carbocycles. The number of nitriles is 1. The van der Waals surface area contributed by atoms with Gasteiger partial charge in [-0.15, -0.1) is 0 Å². The summed E-state index contributed by atoms with van der Waals surface area (Å²) in [6.45, 7) is 4.41. The summed E-state index contributed by atoms with van der Waals surface area (Å²) in [4.78, 5) is 4.88. The van der Waals surface area contributed by atoms with E-state index >= 15 is 0 Å². The lowest BCUT2D eigenvalue weighted by atomic mass is 10.2. The molecule has 3 heterocycles. The molecule has 4 nitrogen and oxygen atoms in total. The Kier molecular flexibility index (Phi) is 3.42. The van der Waals surface area contributed by atoms with Crippen molar-refractivity contribution in [1.29, 1.82) is 5.26 Å². The average Bonchev–Trinajstić information content (AvgIpc) is 2.90. The summed E-state index contributed by atoms with van der Waals surface area (Å²) in [6, 6.07) is 2.82. The molecule has 0 amide bonds. The van der Waals surface area contributed by atoms with E-state index in [0.29, 0.717) is 16.8 Å². The zero-order chi connectivity index (χ0) is 12.5. The van der Waals surface area contributed by atoms with Gasteiger partial charge in [-0.25, -0.2) is 0 Å². The Bertz CT molecular complexity index is 481.